The maximum Gasteiger partial charge on any atom is 0.241 e. The van der Waals surface area contributed by atoms with E-state index in [1.165, 1.54) is 0 Å². The number of imidazole rings is 1. The number of nitrogens with zero attached hydrogens (tertiary/aromatic N) is 5. The Morgan fingerprint density at radius 2 is 1.89 bits per heavy atom. The smallest absolute Gasteiger partial charge is 0.241 e. The third kappa shape index (κ3) is 3.64. The molecule has 0 amide bonds. The second-order valence-corrected chi connectivity index (χ2v) is 5.16. The molecule has 0 atom stereocenters. The summed E-state index contributed by atoms with van der Waals surface area (Å²) in [7, 11) is 0. The first-order valence-electron chi connectivity index (χ1n) is 6.24. The number of nitrogens with one attached hydrogen (secondary N) is 2. The normalized spacial score (nSPS) is 11.4. The third-order valence-electron chi connectivity index (χ3n) is 2.18. The van der Waals surface area contributed by atoms with Crippen LogP contribution in [0.4, 0.5) is 11.9 Å². The summed E-state index contributed by atoms with van der Waals surface area (Å²) in [5.41, 5.74) is -0.114. The Hall–Kier alpha value is -2.18. The monoisotopic (exact) mass is 261 g/mol. The summed E-state index contributed by atoms with van der Waals surface area (Å²) in [4.78, 5) is 17.1. The van der Waals surface area contributed by atoms with E-state index < -0.39 is 0 Å². The third-order valence-corrected chi connectivity index (χ3v) is 2.18. The molecule has 0 saturated heterocycles. The van der Waals surface area contributed by atoms with Gasteiger partial charge in [0.1, 0.15) is 6.33 Å². The van der Waals surface area contributed by atoms with E-state index in [1.54, 1.807) is 23.3 Å². The van der Waals surface area contributed by atoms with E-state index in [0.29, 0.717) is 17.8 Å². The van der Waals surface area contributed by atoms with Crippen molar-refractivity contribution in [2.75, 3.05) is 17.2 Å². The largest absolute Gasteiger partial charge is 0.354 e. The molecule has 0 aromatic carbocycles. The fraction of sp³-hybridized carbons (Fsp3) is 0.500. The number of hydrogen-bond acceptors (Lipinski definition) is 6. The van der Waals surface area contributed by atoms with E-state index in [1.807, 2.05) is 6.92 Å². The molecule has 7 nitrogen and oxygen atoms in total. The molecule has 0 fully saturated rings. The van der Waals surface area contributed by atoms with Crippen molar-refractivity contribution >= 4 is 11.9 Å². The van der Waals surface area contributed by atoms with E-state index >= 15 is 0 Å². The van der Waals surface area contributed by atoms with Gasteiger partial charge in [-0.3, -0.25) is 4.57 Å². The van der Waals surface area contributed by atoms with E-state index in [9.17, 15) is 0 Å². The maximum atomic E-state index is 4.39. The molecule has 0 radical (unpaired) electrons. The molecule has 0 spiro atoms. The van der Waals surface area contributed by atoms with E-state index in [4.69, 9.17) is 0 Å². The standard InChI is InChI=1S/C12H19N7/c1-5-14-9-15-10(18-12(2,3)4)17-11(16-9)19-7-6-13-8-19/h6-8H,5H2,1-4H3,(H2,14,15,16,17,18). The van der Waals surface area contributed by atoms with Gasteiger partial charge in [0.25, 0.3) is 0 Å². The summed E-state index contributed by atoms with van der Waals surface area (Å²) in [6.07, 6.45) is 5.14. The minimum atomic E-state index is -0.114. The molecular formula is C12H19N7. The van der Waals surface area contributed by atoms with Crippen molar-refractivity contribution in [3.05, 3.63) is 18.7 Å². The Bertz CT molecular complexity index is 528. The Morgan fingerprint density at radius 1 is 1.16 bits per heavy atom. The highest BCUT2D eigenvalue weighted by atomic mass is 15.3. The zero-order valence-corrected chi connectivity index (χ0v) is 11.7. The molecule has 2 N–H and O–H groups in total. The van der Waals surface area contributed by atoms with Crippen LogP contribution in [-0.2, 0) is 0 Å². The topological polar surface area (TPSA) is 80.5 Å². The number of anilines is 2. The summed E-state index contributed by atoms with van der Waals surface area (Å²) in [6, 6.07) is 0. The van der Waals surface area contributed by atoms with E-state index in [-0.39, 0.29) is 5.54 Å². The van der Waals surface area contributed by atoms with Crippen molar-refractivity contribution < 1.29 is 0 Å². The van der Waals surface area contributed by atoms with Crippen LogP contribution in [0.1, 0.15) is 27.7 Å². The first-order chi connectivity index (χ1) is 8.98. The van der Waals surface area contributed by atoms with Crippen LogP contribution in [0, 0.1) is 0 Å². The van der Waals surface area contributed by atoms with Crippen molar-refractivity contribution in [1.82, 2.24) is 24.5 Å². The molecule has 0 bridgehead atoms. The SMILES string of the molecule is CCNc1nc(NC(C)(C)C)nc(-n2ccnc2)n1. The second kappa shape index (κ2) is 5.21. The van der Waals surface area contributed by atoms with Gasteiger partial charge in [-0.25, -0.2) is 4.98 Å². The molecule has 19 heavy (non-hydrogen) atoms. The lowest BCUT2D eigenvalue weighted by Crippen LogP contribution is -2.28. The molecule has 2 aromatic rings. The second-order valence-electron chi connectivity index (χ2n) is 5.16. The molecule has 102 valence electrons. The summed E-state index contributed by atoms with van der Waals surface area (Å²) in [6.45, 7) is 8.92. The number of hydrogen-bond donors (Lipinski definition) is 2. The number of rotatable bonds is 4. The van der Waals surface area contributed by atoms with Crippen LogP contribution in [0.5, 0.6) is 0 Å². The Morgan fingerprint density at radius 3 is 2.47 bits per heavy atom. The van der Waals surface area contributed by atoms with Gasteiger partial charge in [0.05, 0.1) is 0 Å². The average molecular weight is 261 g/mol. The summed E-state index contributed by atoms with van der Waals surface area (Å²) >= 11 is 0. The predicted octanol–water partition coefficient (Wildman–Crippen LogP) is 1.70. The highest BCUT2D eigenvalue weighted by Crippen LogP contribution is 2.13. The Labute approximate surface area is 112 Å². The van der Waals surface area contributed by atoms with Gasteiger partial charge in [0, 0.05) is 24.5 Å². The molecule has 7 heteroatoms. The summed E-state index contributed by atoms with van der Waals surface area (Å²) in [5.74, 6) is 1.63. The van der Waals surface area contributed by atoms with Crippen LogP contribution >= 0.6 is 0 Å². The van der Waals surface area contributed by atoms with E-state index in [0.717, 1.165) is 6.54 Å². The van der Waals surface area contributed by atoms with Crippen molar-refractivity contribution in [1.29, 1.82) is 0 Å². The molecule has 0 unspecified atom stereocenters. The predicted molar refractivity (Wildman–Crippen MR) is 74.5 cm³/mol. The van der Waals surface area contributed by atoms with Gasteiger partial charge in [0.15, 0.2) is 0 Å². The highest BCUT2D eigenvalue weighted by Gasteiger charge is 2.14. The molecule has 0 aliphatic carbocycles. The summed E-state index contributed by atoms with van der Waals surface area (Å²) in [5, 5.41) is 6.35. The zero-order valence-electron chi connectivity index (χ0n) is 11.7. The van der Waals surface area contributed by atoms with Gasteiger partial charge in [-0.2, -0.15) is 15.0 Å². The van der Waals surface area contributed by atoms with Gasteiger partial charge >= 0.3 is 0 Å². The van der Waals surface area contributed by atoms with Gasteiger partial charge < -0.3 is 10.6 Å². The van der Waals surface area contributed by atoms with Crippen LogP contribution in [0.3, 0.4) is 0 Å². The minimum absolute atomic E-state index is 0.114. The van der Waals surface area contributed by atoms with Gasteiger partial charge in [-0.05, 0) is 27.7 Å². The van der Waals surface area contributed by atoms with Gasteiger partial charge in [-0.15, -0.1) is 0 Å². The summed E-state index contributed by atoms with van der Waals surface area (Å²) < 4.78 is 1.75. The van der Waals surface area contributed by atoms with Crippen LogP contribution in [-0.4, -0.2) is 36.6 Å². The zero-order chi connectivity index (χ0) is 13.9. The van der Waals surface area contributed by atoms with Crippen molar-refractivity contribution in [2.24, 2.45) is 0 Å². The van der Waals surface area contributed by atoms with Crippen molar-refractivity contribution in [3.63, 3.8) is 0 Å². The molecule has 0 saturated carbocycles. The first-order valence-corrected chi connectivity index (χ1v) is 6.24. The van der Waals surface area contributed by atoms with Crippen LogP contribution in [0.2, 0.25) is 0 Å². The first kappa shape index (κ1) is 13.3. The quantitative estimate of drug-likeness (QED) is 0.872. The fourth-order valence-electron chi connectivity index (χ4n) is 1.49. The van der Waals surface area contributed by atoms with Crippen molar-refractivity contribution in [3.8, 4) is 5.95 Å². The van der Waals surface area contributed by atoms with Gasteiger partial charge in [-0.1, -0.05) is 0 Å². The molecular weight excluding hydrogens is 242 g/mol. The maximum absolute atomic E-state index is 4.39. The Balaban J connectivity index is 2.38. The van der Waals surface area contributed by atoms with E-state index in [2.05, 4.69) is 51.3 Å². The van der Waals surface area contributed by atoms with Gasteiger partial charge in [0.2, 0.25) is 17.8 Å². The molecule has 0 aliphatic heterocycles. The molecule has 0 aliphatic rings. The lowest BCUT2D eigenvalue weighted by molar-refractivity contribution is 0.624. The Kier molecular flexibility index (Phi) is 3.64. The average Bonchev–Trinajstić information content (AvgIpc) is 2.79. The molecule has 2 heterocycles. The van der Waals surface area contributed by atoms with Crippen LogP contribution in [0.15, 0.2) is 18.7 Å². The highest BCUT2D eigenvalue weighted by molar-refractivity contribution is 5.39. The minimum Gasteiger partial charge on any atom is -0.354 e. The number of aromatic nitrogens is 5. The van der Waals surface area contributed by atoms with Crippen LogP contribution in [0.25, 0.3) is 5.95 Å². The fourth-order valence-corrected chi connectivity index (χ4v) is 1.49. The lowest BCUT2D eigenvalue weighted by atomic mass is 10.1. The molecule has 2 aromatic heterocycles. The van der Waals surface area contributed by atoms with Crippen LogP contribution < -0.4 is 10.6 Å². The lowest BCUT2D eigenvalue weighted by Gasteiger charge is -2.21. The molecule has 2 rings (SSSR count). The van der Waals surface area contributed by atoms with Crippen molar-refractivity contribution in [2.45, 2.75) is 33.2 Å².